The molecule has 3 rings (SSSR count). The highest BCUT2D eigenvalue weighted by molar-refractivity contribution is 6.30. The van der Waals surface area contributed by atoms with Crippen LogP contribution in [-0.4, -0.2) is 23.7 Å². The van der Waals surface area contributed by atoms with Crippen molar-refractivity contribution < 1.29 is 14.6 Å². The van der Waals surface area contributed by atoms with Gasteiger partial charge in [0.2, 0.25) is 0 Å². The van der Waals surface area contributed by atoms with Crippen molar-refractivity contribution in [2.24, 2.45) is 5.92 Å². The van der Waals surface area contributed by atoms with Crippen LogP contribution in [0.2, 0.25) is 5.02 Å². The van der Waals surface area contributed by atoms with Gasteiger partial charge in [0.25, 0.3) is 0 Å². The second-order valence-corrected chi connectivity index (χ2v) is 6.44. The minimum absolute atomic E-state index is 0.286. The molecule has 0 radical (unpaired) electrons. The Morgan fingerprint density at radius 2 is 2.29 bits per heavy atom. The van der Waals surface area contributed by atoms with Gasteiger partial charge in [-0.15, -0.1) is 0 Å². The van der Waals surface area contributed by atoms with E-state index in [1.807, 2.05) is 12.1 Å². The first-order valence-electron chi connectivity index (χ1n) is 7.51. The molecule has 0 aromatic heterocycles. The van der Waals surface area contributed by atoms with Gasteiger partial charge < -0.3 is 15.2 Å². The number of hydrogen-bond donors (Lipinski definition) is 2. The number of nitrogens with one attached hydrogen (secondary N) is 1. The van der Waals surface area contributed by atoms with Gasteiger partial charge in [-0.2, -0.15) is 0 Å². The van der Waals surface area contributed by atoms with E-state index >= 15 is 0 Å². The molecule has 5 heteroatoms. The fourth-order valence-electron chi connectivity index (χ4n) is 3.42. The van der Waals surface area contributed by atoms with Crippen LogP contribution in [0.5, 0.6) is 5.75 Å². The summed E-state index contributed by atoms with van der Waals surface area (Å²) in [5.41, 5.74) is 2.30. The maximum atomic E-state index is 10.8. The van der Waals surface area contributed by atoms with E-state index in [0.29, 0.717) is 12.0 Å². The van der Waals surface area contributed by atoms with Gasteiger partial charge in [0, 0.05) is 36.0 Å². The Bertz CT molecular complexity index is 547. The molecule has 2 atom stereocenters. The van der Waals surface area contributed by atoms with Gasteiger partial charge in [-0.3, -0.25) is 4.79 Å². The molecule has 1 aliphatic heterocycles. The van der Waals surface area contributed by atoms with E-state index in [4.69, 9.17) is 21.4 Å². The van der Waals surface area contributed by atoms with Crippen molar-refractivity contribution in [1.82, 2.24) is 5.32 Å². The summed E-state index contributed by atoms with van der Waals surface area (Å²) >= 11 is 6.16. The molecule has 2 aliphatic rings. The van der Waals surface area contributed by atoms with Gasteiger partial charge >= 0.3 is 5.97 Å². The highest BCUT2D eigenvalue weighted by Crippen LogP contribution is 2.34. The Kier molecular flexibility index (Phi) is 4.36. The zero-order chi connectivity index (χ0) is 14.8. The second-order valence-electron chi connectivity index (χ2n) is 6.01. The molecule has 0 amide bonds. The average Bonchev–Trinajstić information content (AvgIpc) is 3.04. The number of ether oxygens (including phenoxy) is 1. The van der Waals surface area contributed by atoms with Gasteiger partial charge in [-0.05, 0) is 42.9 Å². The smallest absolute Gasteiger partial charge is 0.303 e. The van der Waals surface area contributed by atoms with Crippen molar-refractivity contribution in [3.05, 3.63) is 28.3 Å². The minimum atomic E-state index is -0.693. The third-order valence-electron chi connectivity index (χ3n) is 4.41. The molecule has 1 aliphatic carbocycles. The van der Waals surface area contributed by atoms with Crippen LogP contribution in [0.4, 0.5) is 0 Å². The number of carboxylic acid groups (broad SMARTS) is 1. The van der Waals surface area contributed by atoms with Crippen LogP contribution in [0.25, 0.3) is 0 Å². The minimum Gasteiger partial charge on any atom is -0.493 e. The van der Waals surface area contributed by atoms with E-state index in [2.05, 4.69) is 5.32 Å². The molecule has 1 saturated carbocycles. The van der Waals surface area contributed by atoms with Crippen molar-refractivity contribution in [3.8, 4) is 5.75 Å². The quantitative estimate of drug-likeness (QED) is 0.878. The average molecular weight is 310 g/mol. The summed E-state index contributed by atoms with van der Waals surface area (Å²) in [6, 6.07) is 4.33. The lowest BCUT2D eigenvalue weighted by molar-refractivity contribution is -0.138. The number of fused-ring (bicyclic) bond motifs is 1. The number of aliphatic carboxylic acids is 1. The zero-order valence-electron chi connectivity index (χ0n) is 11.9. The lowest BCUT2D eigenvalue weighted by Gasteiger charge is -2.15. The molecule has 1 aromatic carbocycles. The Labute approximate surface area is 129 Å². The molecule has 4 nitrogen and oxygen atoms in total. The number of carboxylic acids is 1. The van der Waals surface area contributed by atoms with Crippen LogP contribution >= 0.6 is 11.6 Å². The van der Waals surface area contributed by atoms with E-state index in [0.717, 1.165) is 55.2 Å². The summed E-state index contributed by atoms with van der Waals surface area (Å²) in [5.74, 6) is 0.593. The maximum Gasteiger partial charge on any atom is 0.303 e. The maximum absolute atomic E-state index is 10.8. The summed E-state index contributed by atoms with van der Waals surface area (Å²) < 4.78 is 5.70. The van der Waals surface area contributed by atoms with Crippen molar-refractivity contribution in [2.75, 3.05) is 6.61 Å². The van der Waals surface area contributed by atoms with Crippen LogP contribution in [0.1, 0.15) is 36.8 Å². The highest BCUT2D eigenvalue weighted by Gasteiger charge is 2.26. The van der Waals surface area contributed by atoms with Gasteiger partial charge in [-0.25, -0.2) is 0 Å². The number of halogens is 1. The first-order valence-corrected chi connectivity index (χ1v) is 7.89. The Balaban J connectivity index is 1.58. The molecule has 0 unspecified atom stereocenters. The Morgan fingerprint density at radius 1 is 1.43 bits per heavy atom. The lowest BCUT2D eigenvalue weighted by atomic mass is 10.0. The van der Waals surface area contributed by atoms with E-state index < -0.39 is 5.97 Å². The standard InChI is InChI=1S/C16H20ClNO3/c17-13-7-11-3-4-21-16(11)12(8-13)9-18-14-2-1-10(5-14)6-15(19)20/h7-8,10,14,18H,1-6,9H2,(H,19,20)/t10-,14+/m1/s1. The zero-order valence-corrected chi connectivity index (χ0v) is 12.7. The summed E-state index contributed by atoms with van der Waals surface area (Å²) in [6.45, 7) is 1.46. The van der Waals surface area contributed by atoms with E-state index in [1.54, 1.807) is 0 Å². The Hall–Kier alpha value is -1.26. The number of carbonyl (C=O) groups is 1. The van der Waals surface area contributed by atoms with Gasteiger partial charge in [-0.1, -0.05) is 11.6 Å². The number of rotatable bonds is 5. The van der Waals surface area contributed by atoms with Crippen LogP contribution < -0.4 is 10.1 Å². The summed E-state index contributed by atoms with van der Waals surface area (Å²) in [6.07, 6.45) is 4.19. The molecule has 0 bridgehead atoms. The number of hydrogen-bond acceptors (Lipinski definition) is 3. The fraction of sp³-hybridized carbons (Fsp3) is 0.562. The normalized spacial score (nSPS) is 23.9. The van der Waals surface area contributed by atoms with Crippen molar-refractivity contribution in [1.29, 1.82) is 0 Å². The summed E-state index contributed by atoms with van der Waals surface area (Å²) in [4.78, 5) is 10.8. The predicted octanol–water partition coefficient (Wildman–Crippen LogP) is 3.01. The molecule has 2 N–H and O–H groups in total. The van der Waals surface area contributed by atoms with Gasteiger partial charge in [0.1, 0.15) is 5.75 Å². The molecular formula is C16H20ClNO3. The van der Waals surface area contributed by atoms with Crippen LogP contribution in [0.15, 0.2) is 12.1 Å². The lowest BCUT2D eigenvalue weighted by Crippen LogP contribution is -2.26. The third-order valence-corrected chi connectivity index (χ3v) is 4.63. The number of benzene rings is 1. The molecule has 0 saturated heterocycles. The molecule has 1 fully saturated rings. The van der Waals surface area contributed by atoms with Crippen LogP contribution in [-0.2, 0) is 17.8 Å². The van der Waals surface area contributed by atoms with Crippen molar-refractivity contribution in [2.45, 2.75) is 44.7 Å². The Morgan fingerprint density at radius 3 is 3.10 bits per heavy atom. The van der Waals surface area contributed by atoms with Gasteiger partial charge in [0.15, 0.2) is 0 Å². The molecule has 21 heavy (non-hydrogen) atoms. The van der Waals surface area contributed by atoms with E-state index in [9.17, 15) is 4.79 Å². The van der Waals surface area contributed by atoms with Crippen molar-refractivity contribution in [3.63, 3.8) is 0 Å². The second kappa shape index (κ2) is 6.24. The predicted molar refractivity (Wildman–Crippen MR) is 80.9 cm³/mol. The molecular weight excluding hydrogens is 290 g/mol. The van der Waals surface area contributed by atoms with Crippen LogP contribution in [0, 0.1) is 5.92 Å². The largest absolute Gasteiger partial charge is 0.493 e. The first-order chi connectivity index (χ1) is 10.1. The van der Waals surface area contributed by atoms with Gasteiger partial charge in [0.05, 0.1) is 6.61 Å². The monoisotopic (exact) mass is 309 g/mol. The first kappa shape index (κ1) is 14.7. The molecule has 0 spiro atoms. The summed E-state index contributed by atoms with van der Waals surface area (Å²) in [5, 5.41) is 13.1. The van der Waals surface area contributed by atoms with E-state index in [1.165, 1.54) is 5.56 Å². The summed E-state index contributed by atoms with van der Waals surface area (Å²) in [7, 11) is 0. The topological polar surface area (TPSA) is 58.6 Å². The van der Waals surface area contributed by atoms with Crippen LogP contribution in [0.3, 0.4) is 0 Å². The highest BCUT2D eigenvalue weighted by atomic mass is 35.5. The molecule has 114 valence electrons. The van der Waals surface area contributed by atoms with E-state index in [-0.39, 0.29) is 6.42 Å². The molecule has 1 heterocycles. The SMILES string of the molecule is O=C(O)C[C@@H]1CC[C@H](NCc2cc(Cl)cc3c2OCC3)C1. The van der Waals surface area contributed by atoms with Crippen molar-refractivity contribution >= 4 is 17.6 Å². The molecule has 1 aromatic rings. The third kappa shape index (κ3) is 3.50. The fourth-order valence-corrected chi connectivity index (χ4v) is 3.69.